The number of hydroxylamine groups is 1. The fraction of sp³-hybridized carbons (Fsp3) is 0.533. The van der Waals surface area contributed by atoms with Crippen LogP contribution in [0, 0.1) is 0 Å². The van der Waals surface area contributed by atoms with E-state index in [1.165, 1.54) is 19.3 Å². The molecule has 0 aliphatic heterocycles. The van der Waals surface area contributed by atoms with E-state index in [9.17, 15) is 4.79 Å². The highest BCUT2D eigenvalue weighted by Crippen LogP contribution is 2.17. The van der Waals surface area contributed by atoms with Gasteiger partial charge in [0.15, 0.2) is 0 Å². The summed E-state index contributed by atoms with van der Waals surface area (Å²) >= 11 is 0. The van der Waals surface area contributed by atoms with Crippen molar-refractivity contribution in [1.82, 2.24) is 10.8 Å². The largest absolute Gasteiger partial charge is 0.491 e. The normalized spacial score (nSPS) is 15.6. The third-order valence-electron chi connectivity index (χ3n) is 3.30. The first-order valence-corrected chi connectivity index (χ1v) is 7.21. The van der Waals surface area contributed by atoms with E-state index in [2.05, 4.69) is 10.8 Å². The van der Waals surface area contributed by atoms with Gasteiger partial charge in [0.1, 0.15) is 19.0 Å². The Balaban J connectivity index is 1.51. The van der Waals surface area contributed by atoms with Gasteiger partial charge < -0.3 is 10.1 Å². The molecule has 0 spiro atoms. The smallest absolute Gasteiger partial charge is 0.338 e. The van der Waals surface area contributed by atoms with E-state index in [1.54, 1.807) is 0 Å². The molecular weight excluding hydrogens is 256 g/mol. The molecular formula is C15H22N2O3. The van der Waals surface area contributed by atoms with Gasteiger partial charge in [-0.05, 0) is 25.0 Å². The zero-order valence-corrected chi connectivity index (χ0v) is 11.6. The fourth-order valence-electron chi connectivity index (χ4n) is 2.30. The number of hydrogen-bond donors (Lipinski definition) is 2. The van der Waals surface area contributed by atoms with Crippen LogP contribution in [0.5, 0.6) is 5.75 Å². The lowest BCUT2D eigenvalue weighted by Gasteiger charge is -2.22. The van der Waals surface area contributed by atoms with Crippen LogP contribution in [-0.2, 0) is 4.84 Å². The average Bonchev–Trinajstić information content (AvgIpc) is 2.49. The van der Waals surface area contributed by atoms with Crippen molar-refractivity contribution >= 4 is 6.03 Å². The summed E-state index contributed by atoms with van der Waals surface area (Å²) in [5.74, 6) is 0.794. The lowest BCUT2D eigenvalue weighted by atomic mass is 9.96. The van der Waals surface area contributed by atoms with Crippen LogP contribution in [0.25, 0.3) is 0 Å². The number of urea groups is 1. The molecule has 0 unspecified atom stereocenters. The summed E-state index contributed by atoms with van der Waals surface area (Å²) < 4.78 is 5.44. The van der Waals surface area contributed by atoms with Crippen LogP contribution in [0.15, 0.2) is 30.3 Å². The van der Waals surface area contributed by atoms with Crippen molar-refractivity contribution in [1.29, 1.82) is 0 Å². The van der Waals surface area contributed by atoms with Gasteiger partial charge in [0, 0.05) is 6.04 Å². The molecule has 2 amide bonds. The number of carbonyl (C=O) groups is 1. The molecule has 2 N–H and O–H groups in total. The lowest BCUT2D eigenvalue weighted by molar-refractivity contribution is 0.0403. The van der Waals surface area contributed by atoms with Gasteiger partial charge in [-0.3, -0.25) is 4.84 Å². The van der Waals surface area contributed by atoms with Crippen LogP contribution in [0.2, 0.25) is 0 Å². The summed E-state index contributed by atoms with van der Waals surface area (Å²) in [7, 11) is 0. The van der Waals surface area contributed by atoms with E-state index in [0.717, 1.165) is 18.6 Å². The number of rotatable bonds is 6. The van der Waals surface area contributed by atoms with Gasteiger partial charge in [-0.25, -0.2) is 10.3 Å². The van der Waals surface area contributed by atoms with Crippen molar-refractivity contribution in [3.63, 3.8) is 0 Å². The Labute approximate surface area is 119 Å². The monoisotopic (exact) mass is 278 g/mol. The summed E-state index contributed by atoms with van der Waals surface area (Å²) in [5.41, 5.74) is 2.39. The van der Waals surface area contributed by atoms with Crippen LogP contribution >= 0.6 is 0 Å². The number of amides is 2. The summed E-state index contributed by atoms with van der Waals surface area (Å²) in [5, 5.41) is 2.91. The third-order valence-corrected chi connectivity index (χ3v) is 3.30. The highest BCUT2D eigenvalue weighted by Gasteiger charge is 2.15. The van der Waals surface area contributed by atoms with Gasteiger partial charge in [0.2, 0.25) is 0 Å². The highest BCUT2D eigenvalue weighted by atomic mass is 16.7. The maximum absolute atomic E-state index is 11.6. The minimum atomic E-state index is -0.267. The molecule has 5 nitrogen and oxygen atoms in total. The second-order valence-electron chi connectivity index (χ2n) is 4.92. The van der Waals surface area contributed by atoms with E-state index in [4.69, 9.17) is 9.57 Å². The second kappa shape index (κ2) is 8.43. The topological polar surface area (TPSA) is 59.6 Å². The summed E-state index contributed by atoms with van der Waals surface area (Å²) in [6, 6.07) is 9.52. The Morgan fingerprint density at radius 1 is 1.10 bits per heavy atom. The number of nitrogens with one attached hydrogen (secondary N) is 2. The maximum Gasteiger partial charge on any atom is 0.338 e. The summed E-state index contributed by atoms with van der Waals surface area (Å²) in [6.45, 7) is 0.709. The molecule has 1 aromatic carbocycles. The predicted molar refractivity (Wildman–Crippen MR) is 76.4 cm³/mol. The SMILES string of the molecule is O=C(NOCCOc1ccccc1)NC1CCCCC1. The van der Waals surface area contributed by atoms with Gasteiger partial charge >= 0.3 is 6.03 Å². The van der Waals surface area contributed by atoms with E-state index in [1.807, 2.05) is 30.3 Å². The van der Waals surface area contributed by atoms with Gasteiger partial charge in [-0.1, -0.05) is 37.5 Å². The van der Waals surface area contributed by atoms with Gasteiger partial charge in [0.25, 0.3) is 0 Å². The number of benzene rings is 1. The van der Waals surface area contributed by atoms with E-state index in [-0.39, 0.29) is 12.1 Å². The number of hydrogen-bond acceptors (Lipinski definition) is 3. The van der Waals surface area contributed by atoms with Crippen LogP contribution < -0.4 is 15.5 Å². The Hall–Kier alpha value is -1.75. The lowest BCUT2D eigenvalue weighted by Crippen LogP contribution is -2.43. The first kappa shape index (κ1) is 14.7. The van der Waals surface area contributed by atoms with Crippen molar-refractivity contribution in [2.45, 2.75) is 38.1 Å². The molecule has 1 aliphatic rings. The van der Waals surface area contributed by atoms with E-state index < -0.39 is 0 Å². The zero-order chi connectivity index (χ0) is 14.0. The number of ether oxygens (including phenoxy) is 1. The molecule has 2 rings (SSSR count). The van der Waals surface area contributed by atoms with Gasteiger partial charge in [-0.2, -0.15) is 0 Å². The molecule has 1 aliphatic carbocycles. The standard InChI is InChI=1S/C15H22N2O3/c18-15(16-13-7-3-1-4-8-13)17-20-12-11-19-14-9-5-2-6-10-14/h2,5-6,9-10,13H,1,3-4,7-8,11-12H2,(H2,16,17,18). The molecule has 20 heavy (non-hydrogen) atoms. The molecule has 0 heterocycles. The van der Waals surface area contributed by atoms with Crippen LogP contribution in [0.3, 0.4) is 0 Å². The zero-order valence-electron chi connectivity index (χ0n) is 11.6. The molecule has 5 heteroatoms. The molecule has 0 radical (unpaired) electrons. The number of para-hydroxylation sites is 1. The molecule has 0 atom stereocenters. The fourth-order valence-corrected chi connectivity index (χ4v) is 2.30. The summed E-state index contributed by atoms with van der Waals surface area (Å²) in [4.78, 5) is 16.6. The van der Waals surface area contributed by atoms with Crippen molar-refractivity contribution in [3.8, 4) is 5.75 Å². The first-order valence-electron chi connectivity index (χ1n) is 7.21. The van der Waals surface area contributed by atoms with Gasteiger partial charge in [-0.15, -0.1) is 0 Å². The van der Waals surface area contributed by atoms with E-state index >= 15 is 0 Å². The number of carbonyl (C=O) groups excluding carboxylic acids is 1. The van der Waals surface area contributed by atoms with Crippen molar-refractivity contribution in [2.75, 3.05) is 13.2 Å². The minimum absolute atomic E-state index is 0.267. The van der Waals surface area contributed by atoms with Crippen molar-refractivity contribution in [3.05, 3.63) is 30.3 Å². The average molecular weight is 278 g/mol. The molecule has 0 bridgehead atoms. The minimum Gasteiger partial charge on any atom is -0.491 e. The molecule has 0 saturated heterocycles. The molecule has 110 valence electrons. The van der Waals surface area contributed by atoms with Crippen molar-refractivity contribution < 1.29 is 14.4 Å². The van der Waals surface area contributed by atoms with Crippen molar-refractivity contribution in [2.24, 2.45) is 0 Å². The van der Waals surface area contributed by atoms with Crippen LogP contribution in [0.1, 0.15) is 32.1 Å². The second-order valence-corrected chi connectivity index (χ2v) is 4.92. The van der Waals surface area contributed by atoms with Gasteiger partial charge in [0.05, 0.1) is 0 Å². The molecule has 0 aromatic heterocycles. The molecule has 1 saturated carbocycles. The molecule has 1 aromatic rings. The first-order chi connectivity index (χ1) is 9.84. The predicted octanol–water partition coefficient (Wildman–Crippen LogP) is 2.63. The Bertz CT molecular complexity index is 391. The van der Waals surface area contributed by atoms with Crippen LogP contribution in [-0.4, -0.2) is 25.3 Å². The maximum atomic E-state index is 11.6. The van der Waals surface area contributed by atoms with Crippen LogP contribution in [0.4, 0.5) is 4.79 Å². The highest BCUT2D eigenvalue weighted by molar-refractivity contribution is 5.73. The third kappa shape index (κ3) is 5.48. The van der Waals surface area contributed by atoms with E-state index in [0.29, 0.717) is 13.2 Å². The summed E-state index contributed by atoms with van der Waals surface area (Å²) in [6.07, 6.45) is 5.77. The Kier molecular flexibility index (Phi) is 6.17. The Morgan fingerprint density at radius 2 is 1.85 bits per heavy atom. The molecule has 1 fully saturated rings. The Morgan fingerprint density at radius 3 is 2.60 bits per heavy atom. The quantitative estimate of drug-likeness (QED) is 0.621.